The second-order valence-corrected chi connectivity index (χ2v) is 6.07. The molecule has 0 bridgehead atoms. The zero-order valence-electron chi connectivity index (χ0n) is 13.3. The predicted molar refractivity (Wildman–Crippen MR) is 84.3 cm³/mol. The van der Waals surface area contributed by atoms with E-state index in [4.69, 9.17) is 0 Å². The number of nitrogens with one attached hydrogen (secondary N) is 1. The summed E-state index contributed by atoms with van der Waals surface area (Å²) in [5, 5.41) is 2.97. The topological polar surface area (TPSA) is 49.4 Å². The Kier molecular flexibility index (Phi) is 4.66. The van der Waals surface area contributed by atoms with E-state index in [1.54, 1.807) is 4.90 Å². The average molecular weight is 288 g/mol. The summed E-state index contributed by atoms with van der Waals surface area (Å²) in [5.74, 6) is -0.221. The maximum atomic E-state index is 12.2. The van der Waals surface area contributed by atoms with E-state index in [1.807, 2.05) is 39.8 Å². The van der Waals surface area contributed by atoms with Gasteiger partial charge in [0.25, 0.3) is 0 Å². The number of carbonyl (C=O) groups is 2. The van der Waals surface area contributed by atoms with Crippen molar-refractivity contribution in [3.63, 3.8) is 0 Å². The number of hydrogen-bond donors (Lipinski definition) is 1. The molecule has 1 N–H and O–H groups in total. The molecule has 0 aliphatic carbocycles. The molecule has 0 aromatic heterocycles. The molecule has 1 aromatic carbocycles. The third-order valence-electron chi connectivity index (χ3n) is 4.01. The molecule has 1 aliphatic heterocycles. The van der Waals surface area contributed by atoms with Crippen molar-refractivity contribution in [2.24, 2.45) is 5.92 Å². The lowest BCUT2D eigenvalue weighted by molar-refractivity contribution is -0.126. The molecule has 0 saturated carbocycles. The Balaban J connectivity index is 2.10. The molecule has 1 saturated heterocycles. The van der Waals surface area contributed by atoms with E-state index in [-0.39, 0.29) is 23.8 Å². The Morgan fingerprint density at radius 1 is 1.33 bits per heavy atom. The lowest BCUT2D eigenvalue weighted by Gasteiger charge is -2.19. The van der Waals surface area contributed by atoms with Crippen molar-refractivity contribution < 1.29 is 9.59 Å². The Hall–Kier alpha value is -1.84. The minimum absolute atomic E-state index is 0.00965. The van der Waals surface area contributed by atoms with E-state index >= 15 is 0 Å². The first-order valence-electron chi connectivity index (χ1n) is 7.59. The van der Waals surface area contributed by atoms with Gasteiger partial charge >= 0.3 is 0 Å². The predicted octanol–water partition coefficient (Wildman–Crippen LogP) is 2.57. The fourth-order valence-corrected chi connectivity index (χ4v) is 2.70. The Labute approximate surface area is 126 Å². The SMILES string of the molecule is CC[C@@H](C)NC(=O)[C@@H]1CC(=O)N(c2cc(C)cc(C)c2)C1. The Morgan fingerprint density at radius 3 is 2.52 bits per heavy atom. The van der Waals surface area contributed by atoms with Gasteiger partial charge in [-0.3, -0.25) is 9.59 Å². The van der Waals surface area contributed by atoms with Crippen molar-refractivity contribution in [2.75, 3.05) is 11.4 Å². The first-order chi connectivity index (χ1) is 9.90. The van der Waals surface area contributed by atoms with Gasteiger partial charge in [-0.1, -0.05) is 13.0 Å². The fourth-order valence-electron chi connectivity index (χ4n) is 2.70. The molecule has 1 fully saturated rings. The molecule has 0 spiro atoms. The largest absolute Gasteiger partial charge is 0.353 e. The number of hydrogen-bond acceptors (Lipinski definition) is 2. The minimum atomic E-state index is -0.243. The smallest absolute Gasteiger partial charge is 0.227 e. The number of nitrogens with zero attached hydrogens (tertiary/aromatic N) is 1. The van der Waals surface area contributed by atoms with Crippen LogP contribution in [0.5, 0.6) is 0 Å². The summed E-state index contributed by atoms with van der Waals surface area (Å²) in [6, 6.07) is 6.24. The lowest BCUT2D eigenvalue weighted by Crippen LogP contribution is -2.38. The minimum Gasteiger partial charge on any atom is -0.353 e. The first kappa shape index (κ1) is 15.5. The molecule has 1 aliphatic rings. The van der Waals surface area contributed by atoms with Gasteiger partial charge in [0, 0.05) is 24.7 Å². The summed E-state index contributed by atoms with van der Waals surface area (Å²) in [7, 11) is 0. The van der Waals surface area contributed by atoms with Gasteiger partial charge < -0.3 is 10.2 Å². The van der Waals surface area contributed by atoms with Crippen LogP contribution in [0.4, 0.5) is 5.69 Å². The fraction of sp³-hybridized carbons (Fsp3) is 0.529. The van der Waals surface area contributed by atoms with Crippen LogP contribution in [-0.4, -0.2) is 24.4 Å². The summed E-state index contributed by atoms with van der Waals surface area (Å²) in [6.07, 6.45) is 1.20. The summed E-state index contributed by atoms with van der Waals surface area (Å²) in [5.41, 5.74) is 3.16. The van der Waals surface area contributed by atoms with Gasteiger partial charge in [0.1, 0.15) is 0 Å². The molecule has 0 radical (unpaired) electrons. The van der Waals surface area contributed by atoms with Gasteiger partial charge in [0.05, 0.1) is 5.92 Å². The van der Waals surface area contributed by atoms with Crippen molar-refractivity contribution >= 4 is 17.5 Å². The van der Waals surface area contributed by atoms with Crippen LogP contribution in [0.25, 0.3) is 0 Å². The van der Waals surface area contributed by atoms with Gasteiger partial charge in [-0.25, -0.2) is 0 Å². The highest BCUT2D eigenvalue weighted by Gasteiger charge is 2.35. The van der Waals surface area contributed by atoms with Crippen LogP contribution >= 0.6 is 0 Å². The van der Waals surface area contributed by atoms with Crippen molar-refractivity contribution in [1.29, 1.82) is 0 Å². The van der Waals surface area contributed by atoms with Crippen molar-refractivity contribution in [2.45, 2.75) is 46.6 Å². The number of aryl methyl sites for hydroxylation is 2. The highest BCUT2D eigenvalue weighted by atomic mass is 16.2. The van der Waals surface area contributed by atoms with Crippen LogP contribution < -0.4 is 10.2 Å². The van der Waals surface area contributed by atoms with Gasteiger partial charge in [0.2, 0.25) is 11.8 Å². The van der Waals surface area contributed by atoms with Crippen LogP contribution in [0.1, 0.15) is 37.8 Å². The maximum absolute atomic E-state index is 12.2. The van der Waals surface area contributed by atoms with E-state index in [9.17, 15) is 9.59 Å². The monoisotopic (exact) mass is 288 g/mol. The summed E-state index contributed by atoms with van der Waals surface area (Å²) in [4.78, 5) is 26.1. The summed E-state index contributed by atoms with van der Waals surface area (Å²) >= 11 is 0. The van der Waals surface area contributed by atoms with E-state index in [0.717, 1.165) is 23.2 Å². The number of amides is 2. The quantitative estimate of drug-likeness (QED) is 0.925. The van der Waals surface area contributed by atoms with Crippen molar-refractivity contribution in [3.05, 3.63) is 29.3 Å². The lowest BCUT2D eigenvalue weighted by atomic mass is 10.1. The standard InChI is InChI=1S/C17H24N2O2/c1-5-13(4)18-17(21)14-9-16(20)19(10-14)15-7-11(2)6-12(3)8-15/h6-8,13-14H,5,9-10H2,1-4H3,(H,18,21)/t13-,14-/m1/s1. The zero-order chi connectivity index (χ0) is 15.6. The van der Waals surface area contributed by atoms with E-state index in [0.29, 0.717) is 13.0 Å². The van der Waals surface area contributed by atoms with Gasteiger partial charge in [-0.05, 0) is 50.5 Å². The number of anilines is 1. The molecule has 0 unspecified atom stereocenters. The van der Waals surface area contributed by atoms with Crippen molar-refractivity contribution in [3.8, 4) is 0 Å². The first-order valence-corrected chi connectivity index (χ1v) is 7.59. The average Bonchev–Trinajstić information content (AvgIpc) is 2.79. The highest BCUT2D eigenvalue weighted by molar-refractivity contribution is 6.00. The summed E-state index contributed by atoms with van der Waals surface area (Å²) < 4.78 is 0. The molecule has 21 heavy (non-hydrogen) atoms. The van der Waals surface area contributed by atoms with Crippen LogP contribution in [0.2, 0.25) is 0 Å². The van der Waals surface area contributed by atoms with E-state index < -0.39 is 0 Å². The number of carbonyl (C=O) groups excluding carboxylic acids is 2. The maximum Gasteiger partial charge on any atom is 0.227 e. The molecule has 1 heterocycles. The summed E-state index contributed by atoms with van der Waals surface area (Å²) in [6.45, 7) is 8.53. The molecule has 2 rings (SSSR count). The molecular formula is C17H24N2O2. The molecule has 114 valence electrons. The van der Waals surface area contributed by atoms with Gasteiger partial charge in [0.15, 0.2) is 0 Å². The molecule has 2 atom stereocenters. The van der Waals surface area contributed by atoms with Crippen molar-refractivity contribution in [1.82, 2.24) is 5.32 Å². The van der Waals surface area contributed by atoms with Gasteiger partial charge in [-0.2, -0.15) is 0 Å². The van der Waals surface area contributed by atoms with E-state index in [1.165, 1.54) is 0 Å². The molecule has 4 nitrogen and oxygen atoms in total. The number of rotatable bonds is 4. The third-order valence-corrected chi connectivity index (χ3v) is 4.01. The van der Waals surface area contributed by atoms with Crippen LogP contribution in [0.3, 0.4) is 0 Å². The zero-order valence-corrected chi connectivity index (χ0v) is 13.3. The molecule has 2 amide bonds. The molecular weight excluding hydrogens is 264 g/mol. The second-order valence-electron chi connectivity index (χ2n) is 6.07. The van der Waals surface area contributed by atoms with Crippen LogP contribution in [0, 0.1) is 19.8 Å². The molecule has 4 heteroatoms. The third kappa shape index (κ3) is 3.63. The van der Waals surface area contributed by atoms with Crippen LogP contribution in [0.15, 0.2) is 18.2 Å². The Bertz CT molecular complexity index is 533. The highest BCUT2D eigenvalue weighted by Crippen LogP contribution is 2.27. The molecule has 1 aromatic rings. The Morgan fingerprint density at radius 2 is 1.95 bits per heavy atom. The number of benzene rings is 1. The normalized spacial score (nSPS) is 19.7. The second kappa shape index (κ2) is 6.29. The van der Waals surface area contributed by atoms with E-state index in [2.05, 4.69) is 11.4 Å². The van der Waals surface area contributed by atoms with Crippen LogP contribution in [-0.2, 0) is 9.59 Å². The van der Waals surface area contributed by atoms with Gasteiger partial charge in [-0.15, -0.1) is 0 Å².